The van der Waals surface area contributed by atoms with E-state index >= 15 is 4.39 Å². The molecule has 3 heterocycles. The Hall–Kier alpha value is -3.59. The van der Waals surface area contributed by atoms with Gasteiger partial charge in [-0.25, -0.2) is 14.2 Å². The number of methoxy groups -OCH3 is 2. The zero-order valence-corrected chi connectivity index (χ0v) is 19.4. The molecule has 0 atom stereocenters. The van der Waals surface area contributed by atoms with Crippen LogP contribution >= 0.6 is 11.6 Å². The number of aromatic amines is 1. The van der Waals surface area contributed by atoms with Gasteiger partial charge in [0, 0.05) is 42.7 Å². The van der Waals surface area contributed by atoms with Crippen LogP contribution in [0.4, 0.5) is 20.6 Å². The first-order chi connectivity index (χ1) is 16.0. The van der Waals surface area contributed by atoms with Crippen molar-refractivity contribution in [2.45, 2.75) is 19.9 Å². The normalized spacial score (nSPS) is 14.4. The Morgan fingerprint density at radius 3 is 2.76 bits per heavy atom. The van der Waals surface area contributed by atoms with Crippen LogP contribution in [0.2, 0.25) is 5.02 Å². The molecular weight excluding hydrogens is 449 g/mol. The molecule has 0 unspecified atom stereocenters. The SMILES string of the molecule is CC/C=C(\C=NC)N1C(=O)N(c2c(F)c(OC)cc(OC)c2Cl)Cc2cnc3[nH]ccc3c21. The standard InChI is InChI=1S/C23H23ClFN5O3/c1-5-6-14(11-26-2)30-20-13(10-28-22-15(20)7-8-27-22)12-29(23(30)31)21-18(24)16(32-3)9-17(33-4)19(21)25/h6-11H,5,12H2,1-4H3,(H,27,28)/b14-6+,26-11?. The van der Waals surface area contributed by atoms with E-state index in [1.807, 2.05) is 19.1 Å². The zero-order valence-electron chi connectivity index (χ0n) is 18.6. The molecule has 3 aromatic rings. The van der Waals surface area contributed by atoms with Crippen LogP contribution in [-0.4, -0.2) is 43.5 Å². The summed E-state index contributed by atoms with van der Waals surface area (Å²) in [6, 6.07) is 2.71. The van der Waals surface area contributed by atoms with E-state index < -0.39 is 11.8 Å². The largest absolute Gasteiger partial charge is 0.495 e. The molecule has 0 fully saturated rings. The lowest BCUT2D eigenvalue weighted by Gasteiger charge is -2.38. The number of carbonyl (C=O) groups excluding carboxylic acids is 1. The van der Waals surface area contributed by atoms with Crippen LogP contribution in [-0.2, 0) is 6.54 Å². The molecule has 10 heteroatoms. The molecule has 4 rings (SSSR count). The van der Waals surface area contributed by atoms with Gasteiger partial charge < -0.3 is 14.5 Å². The zero-order chi connectivity index (χ0) is 23.7. The molecule has 0 spiro atoms. The molecule has 1 aromatic carbocycles. The Balaban J connectivity index is 2.00. The van der Waals surface area contributed by atoms with Crippen LogP contribution in [0.3, 0.4) is 0 Å². The van der Waals surface area contributed by atoms with Crippen molar-refractivity contribution in [1.82, 2.24) is 9.97 Å². The predicted molar refractivity (Wildman–Crippen MR) is 127 cm³/mol. The second-order valence-electron chi connectivity index (χ2n) is 7.26. The summed E-state index contributed by atoms with van der Waals surface area (Å²) < 4.78 is 25.9. The number of benzene rings is 1. The maximum Gasteiger partial charge on any atom is 0.334 e. The smallest absolute Gasteiger partial charge is 0.334 e. The number of halogens is 2. The Morgan fingerprint density at radius 2 is 2.09 bits per heavy atom. The van der Waals surface area contributed by atoms with Gasteiger partial charge in [-0.2, -0.15) is 0 Å². The van der Waals surface area contributed by atoms with Gasteiger partial charge in [-0.15, -0.1) is 0 Å². The number of anilines is 2. The Labute approximate surface area is 195 Å². The van der Waals surface area contributed by atoms with Crippen molar-refractivity contribution in [3.63, 3.8) is 0 Å². The number of amides is 2. The van der Waals surface area contributed by atoms with Gasteiger partial charge in [0.25, 0.3) is 0 Å². The average Bonchev–Trinajstić information content (AvgIpc) is 3.29. The third kappa shape index (κ3) is 3.68. The topological polar surface area (TPSA) is 83.1 Å². The summed E-state index contributed by atoms with van der Waals surface area (Å²) in [5, 5.41) is 0.732. The minimum Gasteiger partial charge on any atom is -0.495 e. The quantitative estimate of drug-likeness (QED) is 0.493. The molecule has 172 valence electrons. The molecule has 0 saturated heterocycles. The average molecular weight is 472 g/mol. The number of pyridine rings is 1. The van der Waals surface area contributed by atoms with Gasteiger partial charge in [0.05, 0.1) is 32.1 Å². The predicted octanol–water partition coefficient (Wildman–Crippen LogP) is 5.31. The van der Waals surface area contributed by atoms with E-state index in [0.29, 0.717) is 29.0 Å². The third-order valence-corrected chi connectivity index (χ3v) is 5.73. The van der Waals surface area contributed by atoms with Crippen molar-refractivity contribution >= 4 is 46.3 Å². The number of hydrogen-bond acceptors (Lipinski definition) is 5. The van der Waals surface area contributed by atoms with Crippen LogP contribution < -0.4 is 19.3 Å². The summed E-state index contributed by atoms with van der Waals surface area (Å²) >= 11 is 6.50. The molecule has 0 aliphatic carbocycles. The Morgan fingerprint density at radius 1 is 1.33 bits per heavy atom. The lowest BCUT2D eigenvalue weighted by Crippen LogP contribution is -2.47. The third-order valence-electron chi connectivity index (χ3n) is 5.36. The van der Waals surface area contributed by atoms with Crippen LogP contribution in [0, 0.1) is 5.82 Å². The number of fused-ring (bicyclic) bond motifs is 3. The number of allylic oxidation sites excluding steroid dienone is 2. The fourth-order valence-electron chi connectivity index (χ4n) is 3.94. The van der Waals surface area contributed by atoms with E-state index in [1.165, 1.54) is 30.1 Å². The second kappa shape index (κ2) is 9.11. The molecule has 2 aromatic heterocycles. The van der Waals surface area contributed by atoms with Crippen LogP contribution in [0.1, 0.15) is 18.9 Å². The van der Waals surface area contributed by atoms with Crippen molar-refractivity contribution in [3.8, 4) is 11.5 Å². The van der Waals surface area contributed by atoms with Crippen LogP contribution in [0.5, 0.6) is 11.5 Å². The number of aromatic nitrogens is 2. The Kier molecular flexibility index (Phi) is 6.24. The van der Waals surface area contributed by atoms with Gasteiger partial charge in [-0.1, -0.05) is 24.6 Å². The highest BCUT2D eigenvalue weighted by Crippen LogP contribution is 2.46. The molecule has 1 aliphatic heterocycles. The number of H-pyrrole nitrogens is 1. The van der Waals surface area contributed by atoms with E-state index in [4.69, 9.17) is 21.1 Å². The monoisotopic (exact) mass is 471 g/mol. The van der Waals surface area contributed by atoms with Gasteiger partial charge >= 0.3 is 6.03 Å². The van der Waals surface area contributed by atoms with Crippen molar-refractivity contribution < 1.29 is 18.7 Å². The second-order valence-corrected chi connectivity index (χ2v) is 7.64. The highest BCUT2D eigenvalue weighted by atomic mass is 35.5. The summed E-state index contributed by atoms with van der Waals surface area (Å²) in [5.74, 6) is -0.662. The minimum absolute atomic E-state index is 0.0339. The first-order valence-electron chi connectivity index (χ1n) is 10.3. The number of ether oxygens (including phenoxy) is 2. The highest BCUT2D eigenvalue weighted by molar-refractivity contribution is 6.36. The number of aliphatic imine (C=N–C) groups is 1. The molecule has 0 radical (unpaired) electrons. The van der Waals surface area contributed by atoms with E-state index in [1.54, 1.807) is 25.7 Å². The van der Waals surface area contributed by atoms with Crippen molar-refractivity contribution in [1.29, 1.82) is 0 Å². The van der Waals surface area contributed by atoms with Crippen molar-refractivity contribution in [2.24, 2.45) is 4.99 Å². The van der Waals surface area contributed by atoms with Crippen LogP contribution in [0.25, 0.3) is 11.0 Å². The summed E-state index contributed by atoms with van der Waals surface area (Å²) in [6.45, 7) is 2.01. The van der Waals surface area contributed by atoms with Gasteiger partial charge in [-0.05, 0) is 12.5 Å². The summed E-state index contributed by atoms with van der Waals surface area (Å²) in [7, 11) is 4.37. The van der Waals surface area contributed by atoms with Gasteiger partial charge in [0.15, 0.2) is 11.6 Å². The fraction of sp³-hybridized carbons (Fsp3) is 0.261. The van der Waals surface area contributed by atoms with E-state index in [9.17, 15) is 4.79 Å². The van der Waals surface area contributed by atoms with Crippen LogP contribution in [0.15, 0.2) is 41.3 Å². The molecular formula is C23H23ClFN5O3. The minimum atomic E-state index is -0.763. The number of hydrogen-bond donors (Lipinski definition) is 1. The van der Waals surface area contributed by atoms with Gasteiger partial charge in [0.1, 0.15) is 22.1 Å². The summed E-state index contributed by atoms with van der Waals surface area (Å²) in [5.41, 5.74) is 2.43. The van der Waals surface area contributed by atoms with Gasteiger partial charge in [0.2, 0.25) is 0 Å². The lowest BCUT2D eigenvalue weighted by molar-refractivity contribution is 0.251. The number of nitrogens with zero attached hydrogens (tertiary/aromatic N) is 4. The van der Waals surface area contributed by atoms with Crippen molar-refractivity contribution in [3.05, 3.63) is 52.7 Å². The molecule has 8 nitrogen and oxygen atoms in total. The number of urea groups is 1. The molecule has 2 amide bonds. The van der Waals surface area contributed by atoms with Gasteiger partial charge in [-0.3, -0.25) is 14.8 Å². The summed E-state index contributed by atoms with van der Waals surface area (Å²) in [4.78, 5) is 28.4. The molecule has 33 heavy (non-hydrogen) atoms. The first kappa shape index (κ1) is 22.6. The number of nitrogens with one attached hydrogen (secondary N) is 1. The van der Waals surface area contributed by atoms with Crippen molar-refractivity contribution in [2.75, 3.05) is 31.1 Å². The Bertz CT molecular complexity index is 1260. The highest BCUT2D eigenvalue weighted by Gasteiger charge is 2.38. The maximum atomic E-state index is 15.5. The van der Waals surface area contributed by atoms with E-state index in [0.717, 1.165) is 5.39 Å². The fourth-order valence-corrected chi connectivity index (χ4v) is 4.25. The molecule has 0 saturated carbocycles. The number of carbonyl (C=O) groups is 1. The summed E-state index contributed by atoms with van der Waals surface area (Å²) in [6.07, 6.45) is 7.55. The molecule has 1 aliphatic rings. The number of rotatable bonds is 6. The first-order valence-corrected chi connectivity index (χ1v) is 10.6. The maximum absolute atomic E-state index is 15.5. The van der Waals surface area contributed by atoms with E-state index in [-0.39, 0.29) is 28.8 Å². The molecule has 0 bridgehead atoms. The molecule has 1 N–H and O–H groups in total. The lowest BCUT2D eigenvalue weighted by atomic mass is 10.1. The van der Waals surface area contributed by atoms with E-state index in [2.05, 4.69) is 15.0 Å².